The zero-order valence-corrected chi connectivity index (χ0v) is 14.3. The van der Waals surface area contributed by atoms with Crippen molar-refractivity contribution in [2.24, 2.45) is 0 Å². The molecular weight excluding hydrogens is 336 g/mol. The number of rotatable bonds is 3. The molecule has 3 rings (SSSR count). The molecule has 8 heteroatoms. The van der Waals surface area contributed by atoms with Gasteiger partial charge in [-0.25, -0.2) is 9.37 Å². The largest absolute Gasteiger partial charge is 0.435 e. The van der Waals surface area contributed by atoms with E-state index in [9.17, 15) is 17.6 Å². The number of hydrogen-bond donors (Lipinski definition) is 1. The Hall–Kier alpha value is -1.41. The van der Waals surface area contributed by atoms with E-state index < -0.39 is 18.0 Å². The highest BCUT2D eigenvalue weighted by molar-refractivity contribution is 5.54. The van der Waals surface area contributed by atoms with Crippen LogP contribution in [0.15, 0.2) is 12.3 Å². The third kappa shape index (κ3) is 4.41. The molecule has 2 aliphatic rings. The maximum atomic E-state index is 13.4. The van der Waals surface area contributed by atoms with Crippen LogP contribution in [0.25, 0.3) is 0 Å². The summed E-state index contributed by atoms with van der Waals surface area (Å²) in [5, 5.41) is 3.30. The fourth-order valence-electron chi connectivity index (χ4n) is 3.48. The van der Waals surface area contributed by atoms with E-state index in [2.05, 4.69) is 22.1 Å². The zero-order valence-electron chi connectivity index (χ0n) is 14.3. The van der Waals surface area contributed by atoms with Crippen LogP contribution < -0.4 is 10.2 Å². The van der Waals surface area contributed by atoms with Gasteiger partial charge in [-0.1, -0.05) is 0 Å². The minimum absolute atomic E-state index is 0.0830. The van der Waals surface area contributed by atoms with E-state index in [-0.39, 0.29) is 18.5 Å². The van der Waals surface area contributed by atoms with Gasteiger partial charge in [-0.2, -0.15) is 13.2 Å². The third-order valence-electron chi connectivity index (χ3n) is 4.98. The molecule has 1 N–H and O–H groups in total. The van der Waals surface area contributed by atoms with E-state index in [1.54, 1.807) is 11.0 Å². The van der Waals surface area contributed by atoms with Gasteiger partial charge in [-0.15, -0.1) is 0 Å². The summed E-state index contributed by atoms with van der Waals surface area (Å²) in [5.74, 6) is 0. The molecule has 0 aliphatic carbocycles. The molecule has 1 unspecified atom stereocenters. The first-order chi connectivity index (χ1) is 11.8. The molecule has 0 bridgehead atoms. The van der Waals surface area contributed by atoms with Gasteiger partial charge in [0.2, 0.25) is 0 Å². The van der Waals surface area contributed by atoms with Crippen molar-refractivity contribution >= 4 is 5.69 Å². The van der Waals surface area contributed by atoms with Crippen LogP contribution in [0.1, 0.15) is 31.0 Å². The smallest absolute Gasteiger partial charge is 0.370 e. The first kappa shape index (κ1) is 18.4. The second-order valence-corrected chi connectivity index (χ2v) is 6.89. The normalized spacial score (nSPS) is 23.9. The van der Waals surface area contributed by atoms with E-state index in [1.165, 1.54) is 6.20 Å². The van der Waals surface area contributed by atoms with Gasteiger partial charge in [0.05, 0.1) is 5.69 Å². The van der Waals surface area contributed by atoms with Gasteiger partial charge in [0, 0.05) is 51.5 Å². The van der Waals surface area contributed by atoms with E-state index in [0.29, 0.717) is 25.7 Å². The van der Waals surface area contributed by atoms with E-state index in [4.69, 9.17) is 0 Å². The number of aromatic nitrogens is 1. The number of piperidine rings is 1. The Balaban J connectivity index is 1.84. The van der Waals surface area contributed by atoms with Crippen LogP contribution in [0.5, 0.6) is 0 Å². The van der Waals surface area contributed by atoms with Gasteiger partial charge in [-0.3, -0.25) is 4.90 Å². The summed E-state index contributed by atoms with van der Waals surface area (Å²) in [6.45, 7) is 5.83. The number of hydrogen-bond acceptors (Lipinski definition) is 4. The molecule has 2 fully saturated rings. The molecule has 1 atom stereocenters. The van der Waals surface area contributed by atoms with Crippen LogP contribution in [0.2, 0.25) is 0 Å². The molecule has 4 nitrogen and oxygen atoms in total. The van der Waals surface area contributed by atoms with Crippen molar-refractivity contribution < 1.29 is 17.6 Å². The molecule has 140 valence electrons. The van der Waals surface area contributed by atoms with E-state index in [1.807, 2.05) is 0 Å². The Bertz CT molecular complexity index is 585. The molecular formula is C17H24F4N4. The first-order valence-corrected chi connectivity index (χ1v) is 8.74. The average molecular weight is 360 g/mol. The van der Waals surface area contributed by atoms with Gasteiger partial charge < -0.3 is 10.2 Å². The van der Waals surface area contributed by atoms with E-state index in [0.717, 1.165) is 25.2 Å². The van der Waals surface area contributed by atoms with Crippen molar-refractivity contribution in [3.05, 3.63) is 23.5 Å². The van der Waals surface area contributed by atoms with Crippen LogP contribution in [-0.4, -0.2) is 54.8 Å². The molecule has 0 saturated carbocycles. The van der Waals surface area contributed by atoms with Gasteiger partial charge in [0.25, 0.3) is 0 Å². The number of pyridine rings is 1. The summed E-state index contributed by atoms with van der Waals surface area (Å²) in [6.07, 6.45) is -3.60. The Morgan fingerprint density at radius 2 is 1.96 bits per heavy atom. The molecule has 0 radical (unpaired) electrons. The number of halogens is 4. The van der Waals surface area contributed by atoms with Crippen LogP contribution >= 0.6 is 0 Å². The van der Waals surface area contributed by atoms with Crippen LogP contribution in [-0.2, 0) is 12.7 Å². The predicted octanol–water partition coefficient (Wildman–Crippen LogP) is 2.83. The van der Waals surface area contributed by atoms with Crippen molar-refractivity contribution in [1.29, 1.82) is 0 Å². The molecule has 0 amide bonds. The van der Waals surface area contributed by atoms with Crippen LogP contribution in [0.4, 0.5) is 23.2 Å². The van der Waals surface area contributed by atoms with Gasteiger partial charge in [0.15, 0.2) is 5.69 Å². The highest BCUT2D eigenvalue weighted by Crippen LogP contribution is 2.36. The number of nitrogens with zero attached hydrogens (tertiary/aromatic N) is 3. The standard InChI is InChI=1S/C17H24F4N4/c1-12-9-22-4-7-25(12)11-13-8-15(16(23-10-13)17(19,20)21)24-5-2-14(18)3-6-24/h8,10,12,14,22H,2-7,9,11H2,1H3. The lowest BCUT2D eigenvalue weighted by Crippen LogP contribution is -2.49. The summed E-state index contributed by atoms with van der Waals surface area (Å²) in [6, 6.07) is 1.91. The predicted molar refractivity (Wildman–Crippen MR) is 88.3 cm³/mol. The van der Waals surface area contributed by atoms with Gasteiger partial charge in [-0.05, 0) is 31.4 Å². The molecule has 1 aromatic heterocycles. The van der Waals surface area contributed by atoms with Crippen molar-refractivity contribution in [3.8, 4) is 0 Å². The number of alkyl halides is 4. The quantitative estimate of drug-likeness (QED) is 0.840. The molecule has 3 heterocycles. The summed E-state index contributed by atoms with van der Waals surface area (Å²) in [5.41, 5.74) is -0.0271. The average Bonchev–Trinajstić information content (AvgIpc) is 2.57. The lowest BCUT2D eigenvalue weighted by molar-refractivity contribution is -0.140. The zero-order chi connectivity index (χ0) is 18.0. The number of anilines is 1. The highest BCUT2D eigenvalue weighted by Gasteiger charge is 2.38. The SMILES string of the molecule is CC1CNCCN1Cc1cnc(C(F)(F)F)c(N2CCC(F)CC2)c1. The van der Waals surface area contributed by atoms with Gasteiger partial charge in [0.1, 0.15) is 6.17 Å². The molecule has 0 spiro atoms. The highest BCUT2D eigenvalue weighted by atomic mass is 19.4. The number of piperazine rings is 1. The molecule has 25 heavy (non-hydrogen) atoms. The van der Waals surface area contributed by atoms with Crippen molar-refractivity contribution in [3.63, 3.8) is 0 Å². The first-order valence-electron chi connectivity index (χ1n) is 8.74. The second-order valence-electron chi connectivity index (χ2n) is 6.89. The van der Waals surface area contributed by atoms with Crippen molar-refractivity contribution in [1.82, 2.24) is 15.2 Å². The van der Waals surface area contributed by atoms with Crippen LogP contribution in [0, 0.1) is 0 Å². The van der Waals surface area contributed by atoms with Crippen molar-refractivity contribution in [2.75, 3.05) is 37.6 Å². The minimum Gasteiger partial charge on any atom is -0.370 e. The topological polar surface area (TPSA) is 31.4 Å². The molecule has 1 aromatic rings. The lowest BCUT2D eigenvalue weighted by atomic mass is 10.1. The maximum absolute atomic E-state index is 13.4. The molecule has 0 aromatic carbocycles. The van der Waals surface area contributed by atoms with Crippen LogP contribution in [0.3, 0.4) is 0 Å². The second kappa shape index (κ2) is 7.45. The summed E-state index contributed by atoms with van der Waals surface area (Å²) in [4.78, 5) is 7.59. The monoisotopic (exact) mass is 360 g/mol. The Morgan fingerprint density at radius 1 is 1.24 bits per heavy atom. The Kier molecular flexibility index (Phi) is 5.48. The minimum atomic E-state index is -4.51. The summed E-state index contributed by atoms with van der Waals surface area (Å²) >= 11 is 0. The fraction of sp³-hybridized carbons (Fsp3) is 0.706. The Morgan fingerprint density at radius 3 is 2.60 bits per heavy atom. The molecule has 2 aliphatic heterocycles. The summed E-state index contributed by atoms with van der Waals surface area (Å²) < 4.78 is 53.4. The fourth-order valence-corrected chi connectivity index (χ4v) is 3.48. The van der Waals surface area contributed by atoms with E-state index >= 15 is 0 Å². The summed E-state index contributed by atoms with van der Waals surface area (Å²) in [7, 11) is 0. The van der Waals surface area contributed by atoms with Crippen molar-refractivity contribution in [2.45, 2.75) is 44.7 Å². The number of nitrogens with one attached hydrogen (secondary N) is 1. The van der Waals surface area contributed by atoms with Gasteiger partial charge >= 0.3 is 6.18 Å². The third-order valence-corrected chi connectivity index (χ3v) is 4.98. The molecule has 2 saturated heterocycles. The lowest BCUT2D eigenvalue weighted by Gasteiger charge is -2.35. The maximum Gasteiger partial charge on any atom is 0.435 e. The Labute approximate surface area is 145 Å².